The van der Waals surface area contributed by atoms with Crippen LogP contribution in [0.1, 0.15) is 16.7 Å². The van der Waals surface area contributed by atoms with E-state index in [1.54, 1.807) is 55.5 Å². The number of carbonyl (C=O) groups is 1. The van der Waals surface area contributed by atoms with Crippen molar-refractivity contribution in [2.24, 2.45) is 5.10 Å². The lowest BCUT2D eigenvalue weighted by atomic mass is 10.2. The number of hydrogen-bond donors (Lipinski definition) is 1. The first-order valence-corrected chi connectivity index (χ1v) is 11.9. The van der Waals surface area contributed by atoms with Crippen molar-refractivity contribution in [1.29, 1.82) is 0 Å². The van der Waals surface area contributed by atoms with E-state index in [-0.39, 0.29) is 4.90 Å². The van der Waals surface area contributed by atoms with Crippen molar-refractivity contribution in [1.82, 2.24) is 5.43 Å². The molecule has 0 saturated carbocycles. The summed E-state index contributed by atoms with van der Waals surface area (Å²) in [5, 5.41) is 3.97. The molecule has 0 spiro atoms. The molecule has 178 valence electrons. The van der Waals surface area contributed by atoms with Crippen LogP contribution in [-0.4, -0.2) is 41.3 Å². The summed E-state index contributed by atoms with van der Waals surface area (Å²) in [6.45, 7) is 3.23. The summed E-state index contributed by atoms with van der Waals surface area (Å²) >= 11 is 0. The van der Waals surface area contributed by atoms with Gasteiger partial charge in [0, 0.05) is 0 Å². The number of nitrogens with zero attached hydrogens (tertiary/aromatic N) is 2. The molecule has 34 heavy (non-hydrogen) atoms. The van der Waals surface area contributed by atoms with E-state index in [0.717, 1.165) is 15.4 Å². The molecule has 0 fully saturated rings. The second kappa shape index (κ2) is 10.8. The number of benzene rings is 3. The van der Waals surface area contributed by atoms with Gasteiger partial charge in [0.1, 0.15) is 6.54 Å². The van der Waals surface area contributed by atoms with Crippen LogP contribution in [0.5, 0.6) is 11.5 Å². The second-order valence-electron chi connectivity index (χ2n) is 7.52. The number of ether oxygens (including phenoxy) is 2. The molecule has 3 aromatic carbocycles. The third-order valence-electron chi connectivity index (χ3n) is 5.09. The highest BCUT2D eigenvalue weighted by molar-refractivity contribution is 7.92. The summed E-state index contributed by atoms with van der Waals surface area (Å²) in [5.74, 6) is 0.502. The first-order valence-electron chi connectivity index (χ1n) is 10.4. The number of amides is 1. The molecule has 1 N–H and O–H groups in total. The van der Waals surface area contributed by atoms with Crippen LogP contribution in [0.4, 0.5) is 5.69 Å². The Morgan fingerprint density at radius 2 is 1.65 bits per heavy atom. The summed E-state index contributed by atoms with van der Waals surface area (Å²) in [5.41, 5.74) is 5.14. The topological polar surface area (TPSA) is 97.3 Å². The first-order chi connectivity index (χ1) is 16.3. The van der Waals surface area contributed by atoms with E-state index in [0.29, 0.717) is 22.7 Å². The summed E-state index contributed by atoms with van der Waals surface area (Å²) in [6.07, 6.45) is 1.44. The lowest BCUT2D eigenvalue weighted by molar-refractivity contribution is -0.119. The fourth-order valence-electron chi connectivity index (χ4n) is 3.26. The maximum atomic E-state index is 13.4. The van der Waals surface area contributed by atoms with Crippen LogP contribution in [-0.2, 0) is 14.8 Å². The highest BCUT2D eigenvalue weighted by Crippen LogP contribution is 2.28. The molecular formula is C25H27N3O5S. The minimum absolute atomic E-state index is 0.1000. The van der Waals surface area contributed by atoms with E-state index in [4.69, 9.17) is 9.47 Å². The molecule has 0 aliphatic carbocycles. The Morgan fingerprint density at radius 3 is 2.29 bits per heavy atom. The molecule has 0 saturated heterocycles. The zero-order valence-corrected chi connectivity index (χ0v) is 20.3. The van der Waals surface area contributed by atoms with Crippen molar-refractivity contribution in [2.45, 2.75) is 18.7 Å². The number of rotatable bonds is 9. The second-order valence-corrected chi connectivity index (χ2v) is 9.38. The molecule has 3 rings (SSSR count). The molecule has 8 nitrogen and oxygen atoms in total. The van der Waals surface area contributed by atoms with Gasteiger partial charge in [0.05, 0.1) is 31.0 Å². The molecule has 0 unspecified atom stereocenters. The molecule has 9 heteroatoms. The number of nitrogens with one attached hydrogen (secondary N) is 1. The predicted molar refractivity (Wildman–Crippen MR) is 132 cm³/mol. The highest BCUT2D eigenvalue weighted by atomic mass is 32.2. The number of aryl methyl sites for hydroxylation is 2. The van der Waals surface area contributed by atoms with E-state index in [1.807, 2.05) is 13.0 Å². The number of hydrazone groups is 1. The van der Waals surface area contributed by atoms with Crippen molar-refractivity contribution in [2.75, 3.05) is 25.1 Å². The van der Waals surface area contributed by atoms with Crippen molar-refractivity contribution >= 4 is 27.8 Å². The summed E-state index contributed by atoms with van der Waals surface area (Å²) in [4.78, 5) is 12.8. The number of hydrogen-bond acceptors (Lipinski definition) is 6. The quantitative estimate of drug-likeness (QED) is 0.372. The molecule has 0 radical (unpaired) electrons. The minimum atomic E-state index is -3.99. The average molecular weight is 482 g/mol. The fraction of sp³-hybridized carbons (Fsp3) is 0.200. The van der Waals surface area contributed by atoms with Gasteiger partial charge in [-0.3, -0.25) is 9.10 Å². The van der Waals surface area contributed by atoms with Gasteiger partial charge in [-0.1, -0.05) is 35.9 Å². The molecule has 3 aromatic rings. The van der Waals surface area contributed by atoms with Gasteiger partial charge in [-0.15, -0.1) is 0 Å². The lowest BCUT2D eigenvalue weighted by Gasteiger charge is -2.25. The first kappa shape index (κ1) is 24.8. The largest absolute Gasteiger partial charge is 0.493 e. The normalized spacial score (nSPS) is 11.3. The van der Waals surface area contributed by atoms with Crippen molar-refractivity contribution < 1.29 is 22.7 Å². The highest BCUT2D eigenvalue weighted by Gasteiger charge is 2.28. The van der Waals surface area contributed by atoms with Crippen LogP contribution < -0.4 is 19.2 Å². The Bertz CT molecular complexity index is 1290. The molecule has 0 aliphatic rings. The molecule has 0 heterocycles. The van der Waals surface area contributed by atoms with Crippen molar-refractivity contribution in [3.63, 3.8) is 0 Å². The number of methoxy groups -OCH3 is 2. The number of sulfonamides is 1. The summed E-state index contributed by atoms with van der Waals surface area (Å²) < 4.78 is 38.4. The smallest absolute Gasteiger partial charge is 0.264 e. The molecular weight excluding hydrogens is 454 g/mol. The average Bonchev–Trinajstić information content (AvgIpc) is 2.83. The van der Waals surface area contributed by atoms with Crippen molar-refractivity contribution in [3.05, 3.63) is 83.4 Å². The number of anilines is 1. The van der Waals surface area contributed by atoms with E-state index >= 15 is 0 Å². The van der Waals surface area contributed by atoms with E-state index in [2.05, 4.69) is 10.5 Å². The van der Waals surface area contributed by atoms with Crippen molar-refractivity contribution in [3.8, 4) is 11.5 Å². The van der Waals surface area contributed by atoms with Gasteiger partial charge in [0.15, 0.2) is 11.5 Å². The lowest BCUT2D eigenvalue weighted by Crippen LogP contribution is -2.40. The Morgan fingerprint density at radius 1 is 0.971 bits per heavy atom. The summed E-state index contributed by atoms with van der Waals surface area (Å²) in [6, 6.07) is 18.7. The SMILES string of the molecule is COc1ccc(/C=N/NC(=O)CN(c2ccccc2C)S(=O)(=O)c2ccc(C)cc2)cc1OC. The predicted octanol–water partition coefficient (Wildman–Crippen LogP) is 3.67. The van der Waals surface area contributed by atoms with Crippen LogP contribution >= 0.6 is 0 Å². The van der Waals surface area contributed by atoms with Crippen LogP contribution in [0.2, 0.25) is 0 Å². The zero-order chi connectivity index (χ0) is 24.7. The minimum Gasteiger partial charge on any atom is -0.493 e. The van der Waals surface area contributed by atoms with Gasteiger partial charge < -0.3 is 9.47 Å². The van der Waals surface area contributed by atoms with E-state index in [9.17, 15) is 13.2 Å². The standard InChI is InChI=1S/C25H27N3O5S/c1-18-9-12-21(13-10-18)34(30,31)28(22-8-6-5-7-19(22)2)17-25(29)27-26-16-20-11-14-23(32-3)24(15-20)33-4/h5-16H,17H2,1-4H3,(H,27,29)/b26-16+. The van der Waals surface area contributed by atoms with Crippen LogP contribution in [0.15, 0.2) is 76.7 Å². The molecule has 1 amide bonds. The van der Waals surface area contributed by atoms with Gasteiger partial charge in [-0.25, -0.2) is 13.8 Å². The summed E-state index contributed by atoms with van der Waals surface area (Å²) in [7, 11) is -0.931. The van der Waals surface area contributed by atoms with E-state index in [1.165, 1.54) is 32.6 Å². The molecule has 0 atom stereocenters. The fourth-order valence-corrected chi connectivity index (χ4v) is 4.74. The van der Waals surface area contributed by atoms with Gasteiger partial charge in [-0.2, -0.15) is 5.10 Å². The Hall–Kier alpha value is -3.85. The zero-order valence-electron chi connectivity index (χ0n) is 19.5. The van der Waals surface area contributed by atoms with Crippen LogP contribution in [0.3, 0.4) is 0 Å². The maximum Gasteiger partial charge on any atom is 0.264 e. The number of para-hydroxylation sites is 1. The van der Waals surface area contributed by atoms with Gasteiger partial charge >= 0.3 is 0 Å². The van der Waals surface area contributed by atoms with Crippen LogP contribution in [0, 0.1) is 13.8 Å². The maximum absolute atomic E-state index is 13.4. The Labute approximate surface area is 199 Å². The van der Waals surface area contributed by atoms with Crippen LogP contribution in [0.25, 0.3) is 0 Å². The number of carbonyl (C=O) groups excluding carboxylic acids is 1. The Balaban J connectivity index is 1.83. The third kappa shape index (κ3) is 5.74. The Kier molecular flexibility index (Phi) is 7.91. The molecule has 0 aromatic heterocycles. The van der Waals surface area contributed by atoms with Gasteiger partial charge in [0.25, 0.3) is 15.9 Å². The van der Waals surface area contributed by atoms with E-state index < -0.39 is 22.5 Å². The third-order valence-corrected chi connectivity index (χ3v) is 6.86. The molecule has 0 bridgehead atoms. The molecule has 0 aliphatic heterocycles. The monoisotopic (exact) mass is 481 g/mol. The van der Waals surface area contributed by atoms with Gasteiger partial charge in [0.2, 0.25) is 0 Å². The van der Waals surface area contributed by atoms with Gasteiger partial charge in [-0.05, 0) is 61.4 Å².